The average molecular weight is 1110 g/mol. The van der Waals surface area contributed by atoms with Crippen molar-refractivity contribution < 1.29 is 19.1 Å². The van der Waals surface area contributed by atoms with Crippen molar-refractivity contribution in [3.8, 4) is 23.0 Å². The predicted octanol–water partition coefficient (Wildman–Crippen LogP) is 14.8. The van der Waals surface area contributed by atoms with Crippen LogP contribution in [-0.2, 0) is 5.41 Å². The van der Waals surface area contributed by atoms with Crippen molar-refractivity contribution in [1.29, 1.82) is 0 Å². The summed E-state index contributed by atoms with van der Waals surface area (Å²) in [6, 6.07) is 112. The number of carbonyl (C=O) groups excluding carboxylic acids is 2. The Morgan fingerprint density at radius 3 is 0.639 bits per heavy atom. The molecule has 0 amide bonds. The van der Waals surface area contributed by atoms with Gasteiger partial charge in [0.2, 0.25) is 0 Å². The van der Waals surface area contributed by atoms with Gasteiger partial charge in [-0.15, -0.1) is 0 Å². The minimum atomic E-state index is -2.70. The van der Waals surface area contributed by atoms with Crippen molar-refractivity contribution in [3.63, 3.8) is 0 Å². The Morgan fingerprint density at radius 2 is 0.422 bits per heavy atom. The summed E-state index contributed by atoms with van der Waals surface area (Å²) < 4.78 is 12.6. The van der Waals surface area contributed by atoms with Crippen LogP contribution in [0.4, 0.5) is 0 Å². The Morgan fingerprint density at radius 1 is 0.241 bits per heavy atom. The smallest absolute Gasteiger partial charge is 0.0545 e. The number of hydrogen-bond donors (Lipinski definition) is 0. The molecule has 12 aromatic carbocycles. The van der Waals surface area contributed by atoms with Crippen LogP contribution in [-0.4, -0.2) is 11.6 Å². The molecule has 0 aliphatic heterocycles. The fourth-order valence-electron chi connectivity index (χ4n) is 11.9. The van der Waals surface area contributed by atoms with Crippen molar-refractivity contribution >= 4 is 68.5 Å². The Balaban J connectivity index is 0.682. The Bertz CT molecular complexity index is 3640. The van der Waals surface area contributed by atoms with E-state index in [0.29, 0.717) is 45.3 Å². The van der Waals surface area contributed by atoms with Gasteiger partial charge in [-0.2, -0.15) is 0 Å². The van der Waals surface area contributed by atoms with Crippen LogP contribution in [0, 0.1) is 0 Å². The van der Waals surface area contributed by atoms with Crippen LogP contribution < -0.4 is 51.9 Å². The molecule has 0 spiro atoms. The number of benzene rings is 12. The maximum atomic E-state index is 14.0. The third-order valence-electron chi connectivity index (χ3n) is 16.3. The number of hydrogen-bond acceptors (Lipinski definition) is 4. The summed E-state index contributed by atoms with van der Waals surface area (Å²) in [7, 11) is -5.40. The minimum Gasteiger partial charge on any atom is -0.0545 e. The first-order valence-electron chi connectivity index (χ1n) is 28.1. The summed E-state index contributed by atoms with van der Waals surface area (Å²) in [5.74, 6) is 2.60. The Kier molecular flexibility index (Phi) is 15.5. The van der Waals surface area contributed by atoms with Crippen LogP contribution in [0.2, 0.25) is 0 Å². The Hall–Kier alpha value is -9.56. The van der Waals surface area contributed by atoms with Crippen LogP contribution in [0.25, 0.3) is 0 Å². The van der Waals surface area contributed by atoms with E-state index in [-0.39, 0.29) is 17.0 Å². The van der Waals surface area contributed by atoms with Gasteiger partial charge in [-0.25, -0.2) is 0 Å². The fourth-order valence-corrected chi connectivity index (χ4v) is 21.4. The van der Waals surface area contributed by atoms with Crippen molar-refractivity contribution in [2.24, 2.45) is 0 Å². The van der Waals surface area contributed by atoms with Gasteiger partial charge in [0.1, 0.15) is 0 Å². The van der Waals surface area contributed by atoms with Gasteiger partial charge >= 0.3 is 436 Å². The van der Waals surface area contributed by atoms with E-state index in [1.807, 2.05) is 97.1 Å². The molecule has 404 valence electrons. The van der Waals surface area contributed by atoms with E-state index in [1.54, 1.807) is 0 Å². The third kappa shape index (κ3) is 10.8. The number of ketones is 2. The monoisotopic (exact) mass is 1110 g/mol. The van der Waals surface area contributed by atoms with E-state index >= 15 is 0 Å². The maximum absolute atomic E-state index is 14.0. The molecule has 0 aliphatic carbocycles. The number of rotatable bonds is 18. The van der Waals surface area contributed by atoms with Gasteiger partial charge in [-0.3, -0.25) is 0 Å². The van der Waals surface area contributed by atoms with Gasteiger partial charge in [-0.05, 0) is 11.1 Å². The van der Waals surface area contributed by atoms with Gasteiger partial charge < -0.3 is 0 Å². The van der Waals surface area contributed by atoms with Gasteiger partial charge in [-0.1, -0.05) is 38.1 Å². The van der Waals surface area contributed by atoms with Gasteiger partial charge in [0.05, 0.1) is 0 Å². The van der Waals surface area contributed by atoms with E-state index < -0.39 is 14.5 Å². The van der Waals surface area contributed by atoms with E-state index in [2.05, 4.69) is 244 Å². The number of ether oxygens (including phenoxy) is 2. The number of carbonyl (C=O) groups is 2. The van der Waals surface area contributed by atoms with E-state index in [1.165, 1.54) is 42.4 Å². The van der Waals surface area contributed by atoms with Crippen LogP contribution in [0.15, 0.2) is 328 Å². The molecule has 0 N–H and O–H groups in total. The predicted molar refractivity (Wildman–Crippen MR) is 350 cm³/mol. The SMILES string of the molecule is CC(C)(c1ccc(Oc2ccc(C(=O)c3ccc([PH](c4ccccc4)(c4ccccc4)c4ccccc4)cc3)cc2)cc1)c1ccc(Oc2ccc(C(=O)c3ccc([PH](c4ccccc4)(c4ccccc4)c4ccccc4)cc3)cc2)cc1. The van der Waals surface area contributed by atoms with Crippen LogP contribution in [0.1, 0.15) is 56.8 Å². The summed E-state index contributed by atoms with van der Waals surface area (Å²) in [5.41, 5.74) is 4.39. The summed E-state index contributed by atoms with van der Waals surface area (Å²) >= 11 is 0. The molecule has 0 bridgehead atoms. The molecular weight excluding hydrogens is 1050 g/mol. The second-order valence-corrected chi connectivity index (χ2v) is 29.1. The molecule has 83 heavy (non-hydrogen) atoms. The molecule has 12 aromatic rings. The third-order valence-corrected chi connectivity index (χ3v) is 25.9. The first-order valence-corrected chi connectivity index (χ1v) is 32.1. The molecule has 0 radical (unpaired) electrons. The summed E-state index contributed by atoms with van der Waals surface area (Å²) in [4.78, 5) is 28.0. The zero-order chi connectivity index (χ0) is 56.6. The molecular formula is C77H62O4P2. The Labute approximate surface area is 488 Å². The zero-order valence-corrected chi connectivity index (χ0v) is 48.3. The topological polar surface area (TPSA) is 52.6 Å². The van der Waals surface area contributed by atoms with E-state index in [4.69, 9.17) is 9.47 Å². The van der Waals surface area contributed by atoms with Crippen LogP contribution >= 0.6 is 14.5 Å². The quantitative estimate of drug-likeness (QED) is 0.0635. The van der Waals surface area contributed by atoms with Gasteiger partial charge in [0.25, 0.3) is 0 Å². The molecule has 12 rings (SSSR count). The zero-order valence-electron chi connectivity index (χ0n) is 46.3. The second-order valence-electron chi connectivity index (χ2n) is 21.4. The van der Waals surface area contributed by atoms with Crippen molar-refractivity contribution in [3.05, 3.63) is 361 Å². The molecule has 0 heterocycles. The molecule has 6 heteroatoms. The molecule has 0 unspecified atom stereocenters. The normalized spacial score (nSPS) is 12.0. The van der Waals surface area contributed by atoms with Crippen molar-refractivity contribution in [2.75, 3.05) is 0 Å². The molecule has 0 aliphatic rings. The van der Waals surface area contributed by atoms with Gasteiger partial charge in [0.15, 0.2) is 0 Å². The molecule has 4 nitrogen and oxygen atoms in total. The first-order chi connectivity index (χ1) is 40.7. The molecule has 0 saturated carbocycles. The molecule has 0 saturated heterocycles. The molecule has 0 atom stereocenters. The minimum absolute atomic E-state index is 0.0443. The second kappa shape index (κ2) is 23.9. The summed E-state index contributed by atoms with van der Waals surface area (Å²) in [6.07, 6.45) is 0. The summed E-state index contributed by atoms with van der Waals surface area (Å²) in [5, 5.41) is 10.1. The fraction of sp³-hybridized carbons (Fsp3) is 0.0390. The van der Waals surface area contributed by atoms with Crippen molar-refractivity contribution in [2.45, 2.75) is 19.3 Å². The first kappa shape index (κ1) is 54.0. The summed E-state index contributed by atoms with van der Waals surface area (Å²) in [6.45, 7) is 4.40. The van der Waals surface area contributed by atoms with Crippen LogP contribution in [0.5, 0.6) is 23.0 Å². The van der Waals surface area contributed by atoms with Gasteiger partial charge in [0, 0.05) is 5.41 Å². The standard InChI is InChI=1S/C77H62O4P2/c1-77(2,61-41-49-65(50-42-61)80-63-45-33-57(34-46-63)75(78)59-37-53-73(54-38-59)82(67-21-9-3-10-22-67,68-23-11-4-12-24-68)69-25-13-5-14-26-69)62-43-51-66(52-44-62)81-64-47-35-58(36-48-64)76(79)60-39-55-74(56-40-60)83(70-27-15-6-16-28-70,71-29-17-7-18-30-71)72-31-19-8-20-32-72/h3-56,82-83H,1-2H3. The molecule has 0 aromatic heterocycles. The van der Waals surface area contributed by atoms with Crippen LogP contribution in [0.3, 0.4) is 0 Å². The molecule has 0 fully saturated rings. The van der Waals surface area contributed by atoms with Crippen molar-refractivity contribution in [1.82, 2.24) is 0 Å². The average Bonchev–Trinajstić information content (AvgIpc) is 3.21. The van der Waals surface area contributed by atoms with E-state index in [0.717, 1.165) is 11.1 Å². The van der Waals surface area contributed by atoms with E-state index in [9.17, 15) is 9.59 Å².